The number of piperazine rings is 1. The molecule has 0 radical (unpaired) electrons. The van der Waals surface area contributed by atoms with Crippen LogP contribution < -0.4 is 14.4 Å². The van der Waals surface area contributed by atoms with E-state index in [0.717, 1.165) is 55.9 Å². The lowest BCUT2D eigenvalue weighted by molar-refractivity contribution is -0.0981. The standard InChI is InChI=1S/C41H55ClN4O7S2/c1-28-6-4-15-41(52-3,26-44-16-17-45-18-19-54(48,49)24-34(45)23-44)36-11-8-32(36)22-46-25-40(14-5-7-30-20-33(42)10-12-35(30)40)27-53-38-13-9-31(21-37(38)46)39(47)43-55(50,51)29(28)2/h4,9-10,12-13,15,20-21,28-29,32,34,36H,5-8,11,14,16-19,22-27H2,1-3H3,(H,43,47)/b15-4+/t28-,29+,32-,34-,36+,40-,41+/m0/s1. The van der Waals surface area contributed by atoms with Crippen LogP contribution in [0.25, 0.3) is 0 Å². The van der Waals surface area contributed by atoms with Crippen molar-refractivity contribution in [1.29, 1.82) is 0 Å². The predicted molar refractivity (Wildman–Crippen MR) is 215 cm³/mol. The zero-order chi connectivity index (χ0) is 38.8. The van der Waals surface area contributed by atoms with Gasteiger partial charge in [-0.3, -0.25) is 14.6 Å². The Kier molecular flexibility index (Phi) is 10.6. The van der Waals surface area contributed by atoms with Gasteiger partial charge in [0.25, 0.3) is 5.91 Å². The smallest absolute Gasteiger partial charge is 0.264 e. The number of sulfone groups is 1. The lowest BCUT2D eigenvalue weighted by Crippen LogP contribution is -2.63. The number of anilines is 1. The van der Waals surface area contributed by atoms with E-state index in [1.165, 1.54) is 11.1 Å². The SMILES string of the molecule is CO[C@@]1(CN2CCN3CCS(=O)(=O)C[C@@H]3C2)/C=C/C[C@H](C)[C@@H](C)S(=O)(=O)NC(=O)c2ccc3c(c2)N(C[C@@H]2CC[C@H]21)C[C@@]1(CCCc2cc(Cl)ccc21)CO3. The van der Waals surface area contributed by atoms with Gasteiger partial charge in [-0.2, -0.15) is 0 Å². The van der Waals surface area contributed by atoms with Crippen LogP contribution in [0, 0.1) is 17.8 Å². The average Bonchev–Trinajstić information content (AvgIpc) is 3.28. The fourth-order valence-corrected chi connectivity index (χ4v) is 13.4. The molecule has 1 N–H and O–H groups in total. The molecule has 1 spiro atoms. The number of ether oxygens (including phenoxy) is 2. The van der Waals surface area contributed by atoms with E-state index >= 15 is 0 Å². The Hall–Kier alpha value is -2.68. The van der Waals surface area contributed by atoms with Crippen molar-refractivity contribution in [3.05, 3.63) is 70.3 Å². The molecule has 2 aromatic carbocycles. The minimum atomic E-state index is -4.01. The highest BCUT2D eigenvalue weighted by molar-refractivity contribution is 7.91. The Morgan fingerprint density at radius 1 is 1.04 bits per heavy atom. The molecule has 2 saturated heterocycles. The van der Waals surface area contributed by atoms with Crippen molar-refractivity contribution in [2.45, 2.75) is 74.7 Å². The van der Waals surface area contributed by atoms with Crippen LogP contribution in [0.2, 0.25) is 5.02 Å². The van der Waals surface area contributed by atoms with E-state index in [4.69, 9.17) is 21.1 Å². The Morgan fingerprint density at radius 2 is 1.87 bits per heavy atom. The van der Waals surface area contributed by atoms with Gasteiger partial charge in [-0.05, 0) is 105 Å². The zero-order valence-corrected chi connectivity index (χ0v) is 34.6. The van der Waals surface area contributed by atoms with Gasteiger partial charge < -0.3 is 14.4 Å². The predicted octanol–water partition coefficient (Wildman–Crippen LogP) is 4.68. The van der Waals surface area contributed by atoms with Crippen molar-refractivity contribution in [3.8, 4) is 5.75 Å². The highest BCUT2D eigenvalue weighted by Crippen LogP contribution is 2.49. The number of aryl methyl sites for hydroxylation is 1. The second-order valence-electron chi connectivity index (χ2n) is 17.2. The number of hydrogen-bond donors (Lipinski definition) is 1. The molecule has 55 heavy (non-hydrogen) atoms. The molecule has 4 aliphatic heterocycles. The van der Waals surface area contributed by atoms with E-state index in [1.54, 1.807) is 26.2 Å². The minimum Gasteiger partial charge on any atom is -0.490 e. The van der Waals surface area contributed by atoms with E-state index in [0.29, 0.717) is 51.5 Å². The number of fused-ring (bicyclic) bond motifs is 5. The molecule has 4 heterocycles. The first-order valence-corrected chi connectivity index (χ1v) is 23.7. The molecule has 0 unspecified atom stereocenters. The molecule has 14 heteroatoms. The number of amides is 1. The van der Waals surface area contributed by atoms with Crippen LogP contribution in [0.3, 0.4) is 0 Å². The summed E-state index contributed by atoms with van der Waals surface area (Å²) in [5.41, 5.74) is 2.56. The number of hydrogen-bond acceptors (Lipinski definition) is 10. The molecule has 7 atom stereocenters. The number of halogens is 1. The van der Waals surface area contributed by atoms with Gasteiger partial charge >= 0.3 is 0 Å². The highest BCUT2D eigenvalue weighted by Gasteiger charge is 2.50. The number of carbonyl (C=O) groups excluding carboxylic acids is 1. The summed E-state index contributed by atoms with van der Waals surface area (Å²) in [6.45, 7) is 8.90. The molecule has 300 valence electrons. The summed E-state index contributed by atoms with van der Waals surface area (Å²) in [6, 6.07) is 11.4. The summed E-state index contributed by atoms with van der Waals surface area (Å²) in [5.74, 6) is 0.555. The summed E-state index contributed by atoms with van der Waals surface area (Å²) in [6.07, 6.45) is 9.61. The lowest BCUT2D eigenvalue weighted by Gasteiger charge is -2.53. The molecule has 2 aliphatic carbocycles. The quantitative estimate of drug-likeness (QED) is 0.437. The molecule has 1 amide bonds. The largest absolute Gasteiger partial charge is 0.490 e. The van der Waals surface area contributed by atoms with Crippen molar-refractivity contribution >= 4 is 43.1 Å². The molecule has 6 aliphatic rings. The third-order valence-corrected chi connectivity index (χ3v) is 17.8. The third-order valence-electron chi connectivity index (χ3n) is 13.9. The van der Waals surface area contributed by atoms with Crippen LogP contribution in [0.4, 0.5) is 5.69 Å². The van der Waals surface area contributed by atoms with Crippen molar-refractivity contribution < 1.29 is 31.1 Å². The first kappa shape index (κ1) is 39.2. The van der Waals surface area contributed by atoms with Crippen molar-refractivity contribution in [3.63, 3.8) is 0 Å². The molecule has 0 aromatic heterocycles. The lowest BCUT2D eigenvalue weighted by atomic mass is 9.63. The van der Waals surface area contributed by atoms with Gasteiger partial charge in [-0.15, -0.1) is 0 Å². The first-order chi connectivity index (χ1) is 26.2. The van der Waals surface area contributed by atoms with E-state index in [-0.39, 0.29) is 46.3 Å². The third kappa shape index (κ3) is 7.58. The number of nitrogens with one attached hydrogen (secondary N) is 1. The van der Waals surface area contributed by atoms with Crippen molar-refractivity contribution in [1.82, 2.24) is 14.5 Å². The number of allylic oxidation sites excluding steroid dienone is 1. The number of benzene rings is 2. The maximum Gasteiger partial charge on any atom is 0.264 e. The van der Waals surface area contributed by atoms with Crippen LogP contribution in [0.1, 0.15) is 67.4 Å². The van der Waals surface area contributed by atoms with Gasteiger partial charge in [0.05, 0.1) is 29.0 Å². The van der Waals surface area contributed by atoms with Gasteiger partial charge in [0.2, 0.25) is 10.0 Å². The minimum absolute atomic E-state index is 0.0395. The van der Waals surface area contributed by atoms with Crippen molar-refractivity contribution in [2.24, 2.45) is 17.8 Å². The van der Waals surface area contributed by atoms with Crippen LogP contribution in [0.15, 0.2) is 48.6 Å². The van der Waals surface area contributed by atoms with E-state index in [9.17, 15) is 21.6 Å². The summed E-state index contributed by atoms with van der Waals surface area (Å²) in [5, 5.41) is -0.107. The molecule has 8 rings (SSSR count). The average molecular weight is 815 g/mol. The zero-order valence-electron chi connectivity index (χ0n) is 32.2. The first-order valence-electron chi connectivity index (χ1n) is 20.0. The van der Waals surface area contributed by atoms with E-state index in [2.05, 4.69) is 43.7 Å². The monoisotopic (exact) mass is 814 g/mol. The molecular formula is C41H55ClN4O7S2. The van der Waals surface area contributed by atoms with Gasteiger partial charge in [-0.25, -0.2) is 21.6 Å². The second kappa shape index (κ2) is 14.9. The molecule has 11 nitrogen and oxygen atoms in total. The number of rotatable bonds is 3. The maximum absolute atomic E-state index is 13.7. The van der Waals surface area contributed by atoms with Gasteiger partial charge in [0, 0.05) is 75.0 Å². The number of carbonyl (C=O) groups is 1. The fourth-order valence-electron chi connectivity index (χ4n) is 10.3. The second-order valence-corrected chi connectivity index (χ2v) is 21.9. The van der Waals surface area contributed by atoms with Crippen LogP contribution in [-0.4, -0.2) is 120 Å². The van der Waals surface area contributed by atoms with Crippen LogP contribution >= 0.6 is 11.6 Å². The van der Waals surface area contributed by atoms with E-state index in [1.807, 2.05) is 19.1 Å². The topological polar surface area (TPSA) is 126 Å². The number of methoxy groups -OCH3 is 1. The molecule has 3 fully saturated rings. The van der Waals surface area contributed by atoms with Crippen molar-refractivity contribution in [2.75, 3.05) is 75.9 Å². The summed E-state index contributed by atoms with van der Waals surface area (Å²) < 4.78 is 68.3. The molecule has 1 saturated carbocycles. The van der Waals surface area contributed by atoms with Crippen LogP contribution in [0.5, 0.6) is 5.75 Å². The summed E-state index contributed by atoms with van der Waals surface area (Å²) in [4.78, 5) is 20.8. The van der Waals surface area contributed by atoms with E-state index < -0.39 is 36.6 Å². The van der Waals surface area contributed by atoms with Gasteiger partial charge in [-0.1, -0.05) is 36.7 Å². The Balaban J connectivity index is 1.18. The fraction of sp³-hybridized carbons (Fsp3) is 0.634. The van der Waals surface area contributed by atoms with Gasteiger partial charge in [0.15, 0.2) is 9.84 Å². The highest BCUT2D eigenvalue weighted by atomic mass is 35.5. The molecular weight excluding hydrogens is 760 g/mol. The number of nitrogens with zero attached hydrogens (tertiary/aromatic N) is 3. The maximum atomic E-state index is 13.7. The van der Waals surface area contributed by atoms with Crippen LogP contribution in [-0.2, 0) is 36.4 Å². The Bertz CT molecular complexity index is 2060. The number of sulfonamides is 1. The Labute approximate surface area is 331 Å². The van der Waals surface area contributed by atoms with Gasteiger partial charge in [0.1, 0.15) is 11.4 Å². The molecule has 2 aromatic rings. The normalized spacial score (nSPS) is 35.5. The summed E-state index contributed by atoms with van der Waals surface area (Å²) >= 11 is 6.50. The molecule has 2 bridgehead atoms. The Morgan fingerprint density at radius 3 is 2.65 bits per heavy atom. The summed E-state index contributed by atoms with van der Waals surface area (Å²) in [7, 11) is -5.30.